The lowest BCUT2D eigenvalue weighted by Gasteiger charge is -2.11. The van der Waals surface area contributed by atoms with E-state index in [0.29, 0.717) is 0 Å². The highest BCUT2D eigenvalue weighted by Crippen LogP contribution is 2.38. The minimum atomic E-state index is 0. The average molecular weight is 402 g/mol. The lowest BCUT2D eigenvalue weighted by molar-refractivity contribution is 0.449. The van der Waals surface area contributed by atoms with Crippen LogP contribution in [0, 0.1) is 0 Å². The molecule has 0 unspecified atom stereocenters. The monoisotopic (exact) mass is 402 g/mol. The fourth-order valence-corrected chi connectivity index (χ4v) is 2.62. The van der Waals surface area contributed by atoms with Gasteiger partial charge in [-0.05, 0) is 29.8 Å². The van der Waals surface area contributed by atoms with E-state index < -0.39 is 0 Å². The molecule has 110 valence electrons. The minimum Gasteiger partial charge on any atom is -0.439 e. The summed E-state index contributed by atoms with van der Waals surface area (Å²) in [7, 11) is 2.01. The van der Waals surface area contributed by atoms with E-state index in [-0.39, 0.29) is 24.0 Å². The number of para-hydroxylation sites is 3. The van der Waals surface area contributed by atoms with Crippen molar-refractivity contribution in [2.24, 2.45) is 0 Å². The summed E-state index contributed by atoms with van der Waals surface area (Å²) < 4.78 is 5.94. The molecule has 1 aliphatic heterocycles. The Morgan fingerprint density at radius 2 is 1.77 bits per heavy atom. The Labute approximate surface area is 146 Å². The molecule has 0 radical (unpaired) electrons. The third-order valence-corrected chi connectivity index (χ3v) is 3.73. The highest BCUT2D eigenvalue weighted by molar-refractivity contribution is 14.0. The predicted molar refractivity (Wildman–Crippen MR) is 101 cm³/mol. The van der Waals surface area contributed by atoms with E-state index in [1.54, 1.807) is 0 Å². The second-order valence-electron chi connectivity index (χ2n) is 5.03. The van der Waals surface area contributed by atoms with E-state index in [0.717, 1.165) is 33.8 Å². The largest absolute Gasteiger partial charge is 0.439 e. The van der Waals surface area contributed by atoms with E-state index in [4.69, 9.17) is 4.74 Å². The van der Waals surface area contributed by atoms with Gasteiger partial charge in [0, 0.05) is 24.7 Å². The van der Waals surface area contributed by atoms with Gasteiger partial charge in [-0.3, -0.25) is 4.98 Å². The maximum atomic E-state index is 5.94. The molecule has 2 heterocycles. The fraction of sp³-hybridized carbons (Fsp3) is 0.0556. The minimum absolute atomic E-state index is 0. The van der Waals surface area contributed by atoms with Crippen LogP contribution in [0.1, 0.15) is 5.56 Å². The second kappa shape index (κ2) is 5.96. The highest BCUT2D eigenvalue weighted by atomic mass is 127. The van der Waals surface area contributed by atoms with E-state index in [1.807, 2.05) is 55.7 Å². The number of hydrogen-bond acceptors (Lipinski definition) is 3. The van der Waals surface area contributed by atoms with Crippen molar-refractivity contribution in [1.29, 1.82) is 0 Å². The molecular formula is C18H15IN2O. The first kappa shape index (κ1) is 14.8. The SMILES string of the molecule is CN1C(=Cc2ccnc3ccccc23)Oc2ccccc21.I. The van der Waals surface area contributed by atoms with Crippen LogP contribution in [0.4, 0.5) is 5.69 Å². The standard InChI is InChI=1S/C18H14N2O.HI/c1-20-16-8-4-5-9-17(16)21-18(20)12-13-10-11-19-15-7-3-2-6-14(13)15;/h2-12H,1H3;1H. The van der Waals surface area contributed by atoms with Gasteiger partial charge < -0.3 is 9.64 Å². The molecule has 3 nitrogen and oxygen atoms in total. The zero-order valence-electron chi connectivity index (χ0n) is 12.1. The molecule has 22 heavy (non-hydrogen) atoms. The van der Waals surface area contributed by atoms with Gasteiger partial charge in [0.15, 0.2) is 5.75 Å². The Kier molecular flexibility index (Phi) is 4.02. The van der Waals surface area contributed by atoms with E-state index in [2.05, 4.69) is 28.1 Å². The van der Waals surface area contributed by atoms with Crippen molar-refractivity contribution in [2.75, 3.05) is 11.9 Å². The smallest absolute Gasteiger partial charge is 0.201 e. The summed E-state index contributed by atoms with van der Waals surface area (Å²) >= 11 is 0. The van der Waals surface area contributed by atoms with Crippen molar-refractivity contribution in [3.63, 3.8) is 0 Å². The zero-order valence-corrected chi connectivity index (χ0v) is 14.4. The number of fused-ring (bicyclic) bond motifs is 2. The number of anilines is 1. The summed E-state index contributed by atoms with van der Waals surface area (Å²) in [6.45, 7) is 0. The number of benzene rings is 2. The number of nitrogens with zero attached hydrogens (tertiary/aromatic N) is 2. The van der Waals surface area contributed by atoms with Crippen LogP contribution in [0.5, 0.6) is 5.75 Å². The van der Waals surface area contributed by atoms with Crippen LogP contribution in [-0.4, -0.2) is 12.0 Å². The topological polar surface area (TPSA) is 25.4 Å². The van der Waals surface area contributed by atoms with E-state index >= 15 is 0 Å². The van der Waals surface area contributed by atoms with Crippen molar-refractivity contribution in [1.82, 2.24) is 4.98 Å². The van der Waals surface area contributed by atoms with Crippen LogP contribution in [0.3, 0.4) is 0 Å². The van der Waals surface area contributed by atoms with Gasteiger partial charge in [0.05, 0.1) is 11.2 Å². The van der Waals surface area contributed by atoms with Gasteiger partial charge in [-0.1, -0.05) is 30.3 Å². The molecular weight excluding hydrogens is 387 g/mol. The molecule has 3 aromatic rings. The molecule has 2 aromatic carbocycles. The summed E-state index contributed by atoms with van der Waals surface area (Å²) in [5, 5.41) is 1.13. The fourth-order valence-electron chi connectivity index (χ4n) is 2.62. The third kappa shape index (κ3) is 2.43. The lowest BCUT2D eigenvalue weighted by atomic mass is 10.1. The van der Waals surface area contributed by atoms with Crippen LogP contribution in [0.15, 0.2) is 66.7 Å². The molecule has 4 rings (SSSR count). The number of halogens is 1. The van der Waals surface area contributed by atoms with Gasteiger partial charge in [0.1, 0.15) is 0 Å². The first-order valence-corrected chi connectivity index (χ1v) is 6.89. The van der Waals surface area contributed by atoms with Gasteiger partial charge >= 0.3 is 0 Å². The molecule has 0 fully saturated rings. The van der Waals surface area contributed by atoms with Crippen molar-refractivity contribution in [2.45, 2.75) is 0 Å². The lowest BCUT2D eigenvalue weighted by Crippen LogP contribution is -2.12. The molecule has 0 aliphatic carbocycles. The molecule has 0 N–H and O–H groups in total. The zero-order chi connectivity index (χ0) is 14.2. The second-order valence-corrected chi connectivity index (χ2v) is 5.03. The van der Waals surface area contributed by atoms with Gasteiger partial charge in [-0.2, -0.15) is 0 Å². The number of hydrogen-bond donors (Lipinski definition) is 0. The molecule has 1 aliphatic rings. The van der Waals surface area contributed by atoms with E-state index in [9.17, 15) is 0 Å². The van der Waals surface area contributed by atoms with Gasteiger partial charge in [0.25, 0.3) is 0 Å². The summed E-state index contributed by atoms with van der Waals surface area (Å²) in [6, 6.07) is 18.2. The van der Waals surface area contributed by atoms with Crippen LogP contribution < -0.4 is 9.64 Å². The molecule has 4 heteroatoms. The Morgan fingerprint density at radius 1 is 1.00 bits per heavy atom. The Bertz CT molecular complexity index is 855. The molecule has 0 saturated carbocycles. The molecule has 0 bridgehead atoms. The average Bonchev–Trinajstić information content (AvgIpc) is 2.85. The molecule has 0 atom stereocenters. The van der Waals surface area contributed by atoms with Crippen LogP contribution >= 0.6 is 24.0 Å². The molecule has 1 aromatic heterocycles. The number of pyridine rings is 1. The highest BCUT2D eigenvalue weighted by Gasteiger charge is 2.22. The molecule has 0 spiro atoms. The summed E-state index contributed by atoms with van der Waals surface area (Å²) in [5.41, 5.74) is 3.18. The Morgan fingerprint density at radius 3 is 2.64 bits per heavy atom. The maximum absolute atomic E-state index is 5.94. The van der Waals surface area contributed by atoms with Gasteiger partial charge in [-0.15, -0.1) is 24.0 Å². The van der Waals surface area contributed by atoms with Crippen molar-refractivity contribution >= 4 is 46.6 Å². The molecule has 0 saturated heterocycles. The Balaban J connectivity index is 0.00000144. The van der Waals surface area contributed by atoms with Crippen LogP contribution in [0.2, 0.25) is 0 Å². The maximum Gasteiger partial charge on any atom is 0.201 e. The summed E-state index contributed by atoms with van der Waals surface area (Å²) in [4.78, 5) is 6.45. The predicted octanol–water partition coefficient (Wildman–Crippen LogP) is 4.68. The quantitative estimate of drug-likeness (QED) is 0.553. The summed E-state index contributed by atoms with van der Waals surface area (Å²) in [6.07, 6.45) is 3.89. The normalized spacial score (nSPS) is 14.6. The van der Waals surface area contributed by atoms with Crippen molar-refractivity contribution in [3.05, 3.63) is 72.2 Å². The number of aromatic nitrogens is 1. The van der Waals surface area contributed by atoms with Crippen LogP contribution in [-0.2, 0) is 0 Å². The third-order valence-electron chi connectivity index (χ3n) is 3.73. The number of ether oxygens (including phenoxy) is 1. The van der Waals surface area contributed by atoms with Gasteiger partial charge in [0.2, 0.25) is 5.88 Å². The van der Waals surface area contributed by atoms with Crippen molar-refractivity contribution < 1.29 is 4.74 Å². The van der Waals surface area contributed by atoms with Crippen LogP contribution in [0.25, 0.3) is 17.0 Å². The summed E-state index contributed by atoms with van der Waals surface area (Å²) in [5.74, 6) is 1.72. The van der Waals surface area contributed by atoms with Gasteiger partial charge in [-0.25, -0.2) is 0 Å². The first-order valence-electron chi connectivity index (χ1n) is 6.89. The molecule has 0 amide bonds. The number of rotatable bonds is 1. The Hall–Kier alpha value is -2.08. The van der Waals surface area contributed by atoms with E-state index in [1.165, 1.54) is 0 Å². The first-order chi connectivity index (χ1) is 10.3. The van der Waals surface area contributed by atoms with Crippen molar-refractivity contribution in [3.8, 4) is 5.75 Å².